The van der Waals surface area contributed by atoms with Gasteiger partial charge in [0, 0.05) is 11.6 Å². The number of alkyl halides is 2. The van der Waals surface area contributed by atoms with Gasteiger partial charge in [-0.2, -0.15) is 0 Å². The van der Waals surface area contributed by atoms with Crippen LogP contribution in [0, 0.1) is 5.82 Å². The average Bonchev–Trinajstić information content (AvgIpc) is 2.16. The third-order valence-electron chi connectivity index (χ3n) is 2.12. The second kappa shape index (κ2) is 4.46. The number of benzene rings is 1. The van der Waals surface area contributed by atoms with Gasteiger partial charge < -0.3 is 5.73 Å². The molecule has 2 N–H and O–H groups in total. The zero-order valence-corrected chi connectivity index (χ0v) is 7.81. The van der Waals surface area contributed by atoms with Crippen LogP contribution >= 0.6 is 0 Å². The molecule has 1 atom stereocenters. The summed E-state index contributed by atoms with van der Waals surface area (Å²) in [5.74, 6) is -0.534. The molecule has 0 aliphatic carbocycles. The van der Waals surface area contributed by atoms with Gasteiger partial charge in [0.15, 0.2) is 0 Å². The minimum atomic E-state index is -2.61. The maximum Gasteiger partial charge on any atom is 0.264 e. The Morgan fingerprint density at radius 2 is 1.93 bits per heavy atom. The van der Waals surface area contributed by atoms with Crippen molar-refractivity contribution in [1.82, 2.24) is 0 Å². The highest BCUT2D eigenvalue weighted by atomic mass is 19.3. The number of rotatable bonds is 3. The summed E-state index contributed by atoms with van der Waals surface area (Å²) in [5.41, 5.74) is 5.62. The molecule has 0 heterocycles. The van der Waals surface area contributed by atoms with Crippen LogP contribution in [0.1, 0.15) is 36.9 Å². The van der Waals surface area contributed by atoms with Gasteiger partial charge in [0.1, 0.15) is 5.82 Å². The van der Waals surface area contributed by atoms with Crippen molar-refractivity contribution < 1.29 is 13.2 Å². The number of hydrogen-bond acceptors (Lipinski definition) is 1. The first-order chi connectivity index (χ1) is 6.56. The monoisotopic (exact) mass is 203 g/mol. The van der Waals surface area contributed by atoms with Crippen LogP contribution in [-0.2, 0) is 0 Å². The Morgan fingerprint density at radius 3 is 2.43 bits per heavy atom. The highest BCUT2D eigenvalue weighted by Gasteiger charge is 2.17. The van der Waals surface area contributed by atoms with Gasteiger partial charge >= 0.3 is 0 Å². The van der Waals surface area contributed by atoms with Crippen molar-refractivity contribution in [3.05, 3.63) is 35.1 Å². The maximum absolute atomic E-state index is 12.8. The van der Waals surface area contributed by atoms with E-state index in [4.69, 9.17) is 5.73 Å². The smallest absolute Gasteiger partial charge is 0.264 e. The Bertz CT molecular complexity index is 312. The van der Waals surface area contributed by atoms with Gasteiger partial charge in [-0.25, -0.2) is 13.2 Å². The van der Waals surface area contributed by atoms with Crippen molar-refractivity contribution in [2.75, 3.05) is 0 Å². The van der Waals surface area contributed by atoms with E-state index in [1.807, 2.05) is 0 Å². The molecule has 4 heteroatoms. The van der Waals surface area contributed by atoms with Crippen LogP contribution in [0.15, 0.2) is 18.2 Å². The summed E-state index contributed by atoms with van der Waals surface area (Å²) in [6, 6.07) is 2.66. The summed E-state index contributed by atoms with van der Waals surface area (Å²) in [6.45, 7) is 1.77. The molecule has 1 aromatic carbocycles. The molecule has 0 aromatic heterocycles. The fourth-order valence-corrected chi connectivity index (χ4v) is 1.29. The van der Waals surface area contributed by atoms with E-state index in [0.717, 1.165) is 18.2 Å². The third kappa shape index (κ3) is 2.26. The van der Waals surface area contributed by atoms with Gasteiger partial charge in [0.25, 0.3) is 6.43 Å². The number of halogens is 3. The van der Waals surface area contributed by atoms with E-state index < -0.39 is 18.3 Å². The Morgan fingerprint density at radius 1 is 1.29 bits per heavy atom. The molecule has 14 heavy (non-hydrogen) atoms. The van der Waals surface area contributed by atoms with Crippen molar-refractivity contribution in [3.63, 3.8) is 0 Å². The van der Waals surface area contributed by atoms with E-state index in [-0.39, 0.29) is 11.1 Å². The second-order valence-corrected chi connectivity index (χ2v) is 3.09. The van der Waals surface area contributed by atoms with E-state index in [1.54, 1.807) is 6.92 Å². The first kappa shape index (κ1) is 11.0. The van der Waals surface area contributed by atoms with Crippen LogP contribution < -0.4 is 5.73 Å². The van der Waals surface area contributed by atoms with Crippen LogP contribution in [0.4, 0.5) is 13.2 Å². The zero-order valence-electron chi connectivity index (χ0n) is 7.81. The van der Waals surface area contributed by atoms with E-state index in [1.165, 1.54) is 0 Å². The quantitative estimate of drug-likeness (QED) is 0.802. The lowest BCUT2D eigenvalue weighted by Crippen LogP contribution is -2.12. The minimum absolute atomic E-state index is 0.180. The Balaban J connectivity index is 3.15. The lowest BCUT2D eigenvalue weighted by atomic mass is 9.99. The van der Waals surface area contributed by atoms with Gasteiger partial charge in [0.05, 0.1) is 0 Å². The Hall–Kier alpha value is -1.03. The number of nitrogens with two attached hydrogens (primary N) is 1. The van der Waals surface area contributed by atoms with Crippen LogP contribution in [-0.4, -0.2) is 0 Å². The minimum Gasteiger partial charge on any atom is -0.324 e. The molecule has 0 fully saturated rings. The molecular weight excluding hydrogens is 191 g/mol. The predicted molar refractivity (Wildman–Crippen MR) is 48.6 cm³/mol. The topological polar surface area (TPSA) is 26.0 Å². The van der Waals surface area contributed by atoms with Gasteiger partial charge in [-0.3, -0.25) is 0 Å². The molecule has 0 saturated carbocycles. The fraction of sp³-hybridized carbons (Fsp3) is 0.400. The normalized spacial score (nSPS) is 13.3. The first-order valence-electron chi connectivity index (χ1n) is 4.39. The lowest BCUT2D eigenvalue weighted by molar-refractivity contribution is 0.149. The standard InChI is InChI=1S/C10H12F3N/c1-2-9(14)8-5-6(11)3-4-7(8)10(12)13/h3-5,9-10H,2,14H2,1H3/t9-/m0/s1. The van der Waals surface area contributed by atoms with Crippen molar-refractivity contribution in [1.29, 1.82) is 0 Å². The summed E-state index contributed by atoms with van der Waals surface area (Å²) >= 11 is 0. The highest BCUT2D eigenvalue weighted by Crippen LogP contribution is 2.28. The summed E-state index contributed by atoms with van der Waals surface area (Å²) in [7, 11) is 0. The largest absolute Gasteiger partial charge is 0.324 e. The first-order valence-corrected chi connectivity index (χ1v) is 4.39. The van der Waals surface area contributed by atoms with Crippen LogP contribution in [0.25, 0.3) is 0 Å². The predicted octanol–water partition coefficient (Wildman–Crippen LogP) is 3.17. The van der Waals surface area contributed by atoms with Gasteiger partial charge in [-0.15, -0.1) is 0 Å². The molecule has 1 nitrogen and oxygen atoms in total. The molecule has 0 unspecified atom stereocenters. The highest BCUT2D eigenvalue weighted by molar-refractivity contribution is 5.31. The van der Waals surface area contributed by atoms with Gasteiger partial charge in [-0.05, 0) is 24.1 Å². The number of hydrogen-bond donors (Lipinski definition) is 1. The van der Waals surface area contributed by atoms with Gasteiger partial charge in [0.2, 0.25) is 0 Å². The van der Waals surface area contributed by atoms with Crippen LogP contribution in [0.2, 0.25) is 0 Å². The van der Waals surface area contributed by atoms with Crippen molar-refractivity contribution in [2.45, 2.75) is 25.8 Å². The molecule has 0 radical (unpaired) electrons. The molecule has 1 rings (SSSR count). The Labute approximate surface area is 80.7 Å². The molecule has 0 saturated heterocycles. The maximum atomic E-state index is 12.8. The van der Waals surface area contributed by atoms with Crippen molar-refractivity contribution >= 4 is 0 Å². The second-order valence-electron chi connectivity index (χ2n) is 3.09. The summed E-state index contributed by atoms with van der Waals surface area (Å²) in [4.78, 5) is 0. The summed E-state index contributed by atoms with van der Waals surface area (Å²) < 4.78 is 37.8. The SMILES string of the molecule is CC[C@H](N)c1cc(F)ccc1C(F)F. The fourth-order valence-electron chi connectivity index (χ4n) is 1.29. The Kier molecular flexibility index (Phi) is 3.52. The molecular formula is C10H12F3N. The summed E-state index contributed by atoms with van der Waals surface area (Å²) in [5, 5.41) is 0. The third-order valence-corrected chi connectivity index (χ3v) is 2.12. The molecule has 0 amide bonds. The van der Waals surface area contributed by atoms with Crippen LogP contribution in [0.5, 0.6) is 0 Å². The van der Waals surface area contributed by atoms with Crippen LogP contribution in [0.3, 0.4) is 0 Å². The lowest BCUT2D eigenvalue weighted by Gasteiger charge is -2.14. The van der Waals surface area contributed by atoms with Crippen molar-refractivity contribution in [3.8, 4) is 0 Å². The molecule has 1 aromatic rings. The average molecular weight is 203 g/mol. The molecule has 0 bridgehead atoms. The van der Waals surface area contributed by atoms with E-state index in [0.29, 0.717) is 6.42 Å². The van der Waals surface area contributed by atoms with E-state index >= 15 is 0 Å². The van der Waals surface area contributed by atoms with Gasteiger partial charge in [-0.1, -0.05) is 13.0 Å². The molecule has 0 aliphatic heterocycles. The zero-order chi connectivity index (χ0) is 10.7. The molecule has 0 spiro atoms. The van der Waals surface area contributed by atoms with E-state index in [2.05, 4.69) is 0 Å². The van der Waals surface area contributed by atoms with Crippen molar-refractivity contribution in [2.24, 2.45) is 5.73 Å². The molecule has 78 valence electrons. The summed E-state index contributed by atoms with van der Waals surface area (Å²) in [6.07, 6.45) is -2.11. The van der Waals surface area contributed by atoms with E-state index in [9.17, 15) is 13.2 Å². The molecule has 0 aliphatic rings.